The van der Waals surface area contributed by atoms with Crippen molar-refractivity contribution in [3.05, 3.63) is 53.3 Å². The lowest BCUT2D eigenvalue weighted by atomic mass is 9.99. The van der Waals surface area contributed by atoms with E-state index in [0.717, 1.165) is 5.65 Å². The van der Waals surface area contributed by atoms with E-state index >= 15 is 0 Å². The van der Waals surface area contributed by atoms with Crippen LogP contribution in [-0.2, 0) is 0 Å². The maximum Gasteiger partial charge on any atom is 0.138 e. The average Bonchev–Trinajstić information content (AvgIpc) is 2.69. The highest BCUT2D eigenvalue weighted by Crippen LogP contribution is 2.31. The van der Waals surface area contributed by atoms with Gasteiger partial charge in [-0.05, 0) is 49.6 Å². The number of pyridine rings is 1. The lowest BCUT2D eigenvalue weighted by molar-refractivity contribution is 1.25. The molecule has 2 heteroatoms. The first-order chi connectivity index (χ1) is 8.66. The van der Waals surface area contributed by atoms with Gasteiger partial charge in [0.15, 0.2) is 0 Å². The Labute approximate surface area is 107 Å². The van der Waals surface area contributed by atoms with Crippen LogP contribution in [0.4, 0.5) is 0 Å². The van der Waals surface area contributed by atoms with Crippen LogP contribution in [0.2, 0.25) is 0 Å². The fraction of sp³-hybridized carbons (Fsp3) is 0.188. The van der Waals surface area contributed by atoms with E-state index in [1.807, 2.05) is 12.3 Å². The number of nitrogens with zero attached hydrogens (tertiary/aromatic N) is 1. The van der Waals surface area contributed by atoms with Crippen LogP contribution in [0, 0.1) is 20.8 Å². The molecule has 1 aromatic carbocycles. The van der Waals surface area contributed by atoms with Crippen LogP contribution in [0.25, 0.3) is 22.2 Å². The number of aryl methyl sites for hydroxylation is 3. The zero-order valence-electron chi connectivity index (χ0n) is 10.9. The Morgan fingerprint density at radius 1 is 1.00 bits per heavy atom. The Morgan fingerprint density at radius 2 is 1.83 bits per heavy atom. The maximum absolute atomic E-state index is 4.37. The first kappa shape index (κ1) is 11.0. The number of hydrogen-bond donors (Lipinski definition) is 1. The number of rotatable bonds is 1. The van der Waals surface area contributed by atoms with E-state index in [2.05, 4.69) is 55.0 Å². The molecular weight excluding hydrogens is 220 g/mol. The second-order valence-electron chi connectivity index (χ2n) is 4.82. The van der Waals surface area contributed by atoms with Crippen LogP contribution < -0.4 is 0 Å². The minimum absolute atomic E-state index is 0.961. The number of fused-ring (bicyclic) bond motifs is 1. The highest BCUT2D eigenvalue weighted by atomic mass is 14.9. The molecule has 0 radical (unpaired) electrons. The van der Waals surface area contributed by atoms with Gasteiger partial charge in [-0.1, -0.05) is 18.2 Å². The monoisotopic (exact) mass is 236 g/mol. The van der Waals surface area contributed by atoms with Gasteiger partial charge in [-0.2, -0.15) is 0 Å². The summed E-state index contributed by atoms with van der Waals surface area (Å²) in [6, 6.07) is 10.7. The summed E-state index contributed by atoms with van der Waals surface area (Å²) in [6.07, 6.45) is 1.82. The Hall–Kier alpha value is -2.09. The van der Waals surface area contributed by atoms with Crippen LogP contribution in [0.1, 0.15) is 16.8 Å². The second-order valence-corrected chi connectivity index (χ2v) is 4.82. The number of aromatic nitrogens is 2. The molecule has 0 amide bonds. The predicted molar refractivity (Wildman–Crippen MR) is 75.7 cm³/mol. The number of nitrogens with one attached hydrogen (secondary N) is 1. The Balaban J connectivity index is 2.30. The SMILES string of the molecule is Cc1ccc(-c2c(C)[nH]c3ncccc23)cc1C. The summed E-state index contributed by atoms with van der Waals surface area (Å²) in [6.45, 7) is 6.40. The summed E-state index contributed by atoms with van der Waals surface area (Å²) in [5.41, 5.74) is 7.31. The van der Waals surface area contributed by atoms with Crippen LogP contribution in [0.5, 0.6) is 0 Å². The van der Waals surface area contributed by atoms with Crippen molar-refractivity contribution in [3.63, 3.8) is 0 Å². The van der Waals surface area contributed by atoms with Crippen molar-refractivity contribution < 1.29 is 0 Å². The van der Waals surface area contributed by atoms with Gasteiger partial charge in [0.05, 0.1) is 0 Å². The number of hydrogen-bond acceptors (Lipinski definition) is 1. The minimum Gasteiger partial charge on any atom is -0.343 e. The molecule has 2 nitrogen and oxygen atoms in total. The van der Waals surface area contributed by atoms with E-state index in [0.29, 0.717) is 0 Å². The van der Waals surface area contributed by atoms with E-state index in [9.17, 15) is 0 Å². The quantitative estimate of drug-likeness (QED) is 0.675. The molecule has 0 aliphatic carbocycles. The highest BCUT2D eigenvalue weighted by Gasteiger charge is 2.11. The molecule has 18 heavy (non-hydrogen) atoms. The molecular formula is C16H16N2. The molecule has 0 aliphatic heterocycles. The lowest BCUT2D eigenvalue weighted by Gasteiger charge is -2.05. The van der Waals surface area contributed by atoms with Crippen LogP contribution in [0.3, 0.4) is 0 Å². The fourth-order valence-electron chi connectivity index (χ4n) is 2.42. The normalized spacial score (nSPS) is 11.1. The van der Waals surface area contributed by atoms with Gasteiger partial charge in [0.2, 0.25) is 0 Å². The average molecular weight is 236 g/mol. The Morgan fingerprint density at radius 3 is 2.61 bits per heavy atom. The van der Waals surface area contributed by atoms with Crippen molar-refractivity contribution in [2.75, 3.05) is 0 Å². The molecule has 0 aliphatic rings. The van der Waals surface area contributed by atoms with Gasteiger partial charge in [-0.15, -0.1) is 0 Å². The van der Waals surface area contributed by atoms with Crippen molar-refractivity contribution >= 4 is 11.0 Å². The molecule has 0 saturated heterocycles. The molecule has 2 heterocycles. The van der Waals surface area contributed by atoms with Crippen LogP contribution >= 0.6 is 0 Å². The molecule has 3 aromatic rings. The van der Waals surface area contributed by atoms with Gasteiger partial charge in [0.25, 0.3) is 0 Å². The van der Waals surface area contributed by atoms with Gasteiger partial charge < -0.3 is 4.98 Å². The molecule has 90 valence electrons. The number of aromatic amines is 1. The highest BCUT2D eigenvalue weighted by molar-refractivity contribution is 5.95. The number of benzene rings is 1. The van der Waals surface area contributed by atoms with E-state index in [1.54, 1.807) is 0 Å². The number of H-pyrrole nitrogens is 1. The third kappa shape index (κ3) is 1.61. The third-order valence-corrected chi connectivity index (χ3v) is 3.55. The first-order valence-electron chi connectivity index (χ1n) is 6.18. The van der Waals surface area contributed by atoms with Crippen molar-refractivity contribution in [2.24, 2.45) is 0 Å². The zero-order chi connectivity index (χ0) is 12.7. The molecule has 0 saturated carbocycles. The van der Waals surface area contributed by atoms with Crippen molar-refractivity contribution in [3.8, 4) is 11.1 Å². The van der Waals surface area contributed by atoms with E-state index in [1.165, 1.54) is 33.3 Å². The smallest absolute Gasteiger partial charge is 0.138 e. The molecule has 3 rings (SSSR count). The molecule has 0 unspecified atom stereocenters. The van der Waals surface area contributed by atoms with Crippen molar-refractivity contribution in [2.45, 2.75) is 20.8 Å². The summed E-state index contributed by atoms with van der Waals surface area (Å²) in [5, 5.41) is 1.19. The molecule has 1 N–H and O–H groups in total. The maximum atomic E-state index is 4.37. The largest absolute Gasteiger partial charge is 0.343 e. The summed E-state index contributed by atoms with van der Waals surface area (Å²) in [5.74, 6) is 0. The topological polar surface area (TPSA) is 28.7 Å². The summed E-state index contributed by atoms with van der Waals surface area (Å²) >= 11 is 0. The van der Waals surface area contributed by atoms with Gasteiger partial charge in [0, 0.05) is 22.8 Å². The van der Waals surface area contributed by atoms with Gasteiger partial charge in [-0.25, -0.2) is 4.98 Å². The zero-order valence-corrected chi connectivity index (χ0v) is 10.9. The predicted octanol–water partition coefficient (Wildman–Crippen LogP) is 4.16. The minimum atomic E-state index is 0.961. The van der Waals surface area contributed by atoms with Crippen molar-refractivity contribution in [1.82, 2.24) is 9.97 Å². The lowest BCUT2D eigenvalue weighted by Crippen LogP contribution is -1.84. The summed E-state index contributed by atoms with van der Waals surface area (Å²) in [7, 11) is 0. The van der Waals surface area contributed by atoms with E-state index in [-0.39, 0.29) is 0 Å². The second kappa shape index (κ2) is 3.98. The van der Waals surface area contributed by atoms with Crippen LogP contribution in [-0.4, -0.2) is 9.97 Å². The van der Waals surface area contributed by atoms with Crippen molar-refractivity contribution in [1.29, 1.82) is 0 Å². The molecule has 2 aromatic heterocycles. The van der Waals surface area contributed by atoms with E-state index < -0.39 is 0 Å². The van der Waals surface area contributed by atoms with E-state index in [4.69, 9.17) is 0 Å². The fourth-order valence-corrected chi connectivity index (χ4v) is 2.42. The summed E-state index contributed by atoms with van der Waals surface area (Å²) in [4.78, 5) is 7.72. The first-order valence-corrected chi connectivity index (χ1v) is 6.18. The Bertz CT molecular complexity index is 723. The van der Waals surface area contributed by atoms with Gasteiger partial charge in [0.1, 0.15) is 5.65 Å². The van der Waals surface area contributed by atoms with Gasteiger partial charge >= 0.3 is 0 Å². The standard InChI is InChI=1S/C16H16N2/c1-10-6-7-13(9-11(10)2)15-12(3)18-16-14(15)5-4-8-17-16/h4-9H,1-3H3,(H,17,18). The summed E-state index contributed by atoms with van der Waals surface area (Å²) < 4.78 is 0. The Kier molecular flexibility index (Phi) is 2.44. The van der Waals surface area contributed by atoms with Crippen LogP contribution in [0.15, 0.2) is 36.5 Å². The molecule has 0 atom stereocenters. The third-order valence-electron chi connectivity index (χ3n) is 3.55. The molecule has 0 bridgehead atoms. The molecule has 0 fully saturated rings. The van der Waals surface area contributed by atoms with Gasteiger partial charge in [-0.3, -0.25) is 0 Å². The molecule has 0 spiro atoms.